The highest BCUT2D eigenvalue weighted by Gasteiger charge is 2.27. The Labute approximate surface area is 155 Å². The molecule has 3 rings (SSSR count). The molecule has 2 aromatic carbocycles. The first-order valence-corrected chi connectivity index (χ1v) is 9.25. The first-order valence-electron chi connectivity index (χ1n) is 9.25. The standard InChI is InChI=1S/C22H27NO3/c1-5-25-22(24)23-20-8-6-7-18(17-9-10-17)19(20)13-26-21-12-15(3)14(2)11-16(21)4/h6-8,11-12,17H,5,9-10,13H2,1-4H3,(H,23,24). The van der Waals surface area contributed by atoms with Crippen LogP contribution in [0.25, 0.3) is 0 Å². The predicted octanol–water partition coefficient (Wildman–Crippen LogP) is 5.64. The zero-order valence-electron chi connectivity index (χ0n) is 16.0. The fraction of sp³-hybridized carbons (Fsp3) is 0.409. The fourth-order valence-electron chi connectivity index (χ4n) is 3.18. The molecule has 0 atom stereocenters. The lowest BCUT2D eigenvalue weighted by atomic mass is 10.0. The summed E-state index contributed by atoms with van der Waals surface area (Å²) in [6, 6.07) is 10.3. The maximum absolute atomic E-state index is 11.9. The molecule has 0 heterocycles. The van der Waals surface area contributed by atoms with Gasteiger partial charge < -0.3 is 9.47 Å². The minimum absolute atomic E-state index is 0.349. The monoisotopic (exact) mass is 353 g/mol. The number of rotatable bonds is 6. The topological polar surface area (TPSA) is 47.6 Å². The van der Waals surface area contributed by atoms with E-state index in [4.69, 9.17) is 9.47 Å². The van der Waals surface area contributed by atoms with E-state index in [9.17, 15) is 4.79 Å². The molecule has 2 aromatic rings. The number of amides is 1. The maximum Gasteiger partial charge on any atom is 0.411 e. The smallest absolute Gasteiger partial charge is 0.411 e. The summed E-state index contributed by atoms with van der Waals surface area (Å²) >= 11 is 0. The van der Waals surface area contributed by atoms with Crippen LogP contribution in [0.4, 0.5) is 10.5 Å². The van der Waals surface area contributed by atoms with Crippen LogP contribution < -0.4 is 10.1 Å². The number of aryl methyl sites for hydroxylation is 3. The minimum atomic E-state index is -0.427. The Morgan fingerprint density at radius 3 is 2.54 bits per heavy atom. The fourth-order valence-corrected chi connectivity index (χ4v) is 3.18. The van der Waals surface area contributed by atoms with Crippen molar-refractivity contribution in [3.8, 4) is 5.75 Å². The number of nitrogens with one attached hydrogen (secondary N) is 1. The van der Waals surface area contributed by atoms with E-state index in [0.29, 0.717) is 19.1 Å². The molecule has 1 aliphatic carbocycles. The molecular weight excluding hydrogens is 326 g/mol. The van der Waals surface area contributed by atoms with Gasteiger partial charge in [0.25, 0.3) is 0 Å². The van der Waals surface area contributed by atoms with E-state index < -0.39 is 6.09 Å². The van der Waals surface area contributed by atoms with E-state index in [1.54, 1.807) is 6.92 Å². The lowest BCUT2D eigenvalue weighted by Crippen LogP contribution is -2.16. The summed E-state index contributed by atoms with van der Waals surface area (Å²) in [4.78, 5) is 11.9. The lowest BCUT2D eigenvalue weighted by Gasteiger charge is -2.17. The van der Waals surface area contributed by atoms with Gasteiger partial charge in [-0.25, -0.2) is 4.79 Å². The Balaban J connectivity index is 1.85. The largest absolute Gasteiger partial charge is 0.489 e. The molecule has 0 radical (unpaired) electrons. The van der Waals surface area contributed by atoms with Crippen molar-refractivity contribution in [3.63, 3.8) is 0 Å². The van der Waals surface area contributed by atoms with Gasteiger partial charge in [0.15, 0.2) is 0 Å². The Hall–Kier alpha value is -2.49. The number of carbonyl (C=O) groups excluding carboxylic acids is 1. The van der Waals surface area contributed by atoms with Gasteiger partial charge in [-0.15, -0.1) is 0 Å². The number of anilines is 1. The van der Waals surface area contributed by atoms with Gasteiger partial charge in [0.2, 0.25) is 0 Å². The van der Waals surface area contributed by atoms with E-state index in [1.807, 2.05) is 12.1 Å². The van der Waals surface area contributed by atoms with Crippen molar-refractivity contribution in [2.24, 2.45) is 0 Å². The van der Waals surface area contributed by atoms with Crippen molar-refractivity contribution in [3.05, 3.63) is 58.1 Å². The number of ether oxygens (including phenoxy) is 2. The van der Waals surface area contributed by atoms with Crippen LogP contribution in [0.5, 0.6) is 5.75 Å². The van der Waals surface area contributed by atoms with Gasteiger partial charge in [-0.2, -0.15) is 0 Å². The maximum atomic E-state index is 11.9. The second-order valence-corrected chi connectivity index (χ2v) is 6.98. The Bertz CT molecular complexity index is 809. The van der Waals surface area contributed by atoms with Gasteiger partial charge >= 0.3 is 6.09 Å². The van der Waals surface area contributed by atoms with Crippen LogP contribution >= 0.6 is 0 Å². The molecule has 1 N–H and O–H groups in total. The number of hydrogen-bond donors (Lipinski definition) is 1. The Kier molecular flexibility index (Phi) is 5.50. The normalized spacial score (nSPS) is 13.4. The van der Waals surface area contributed by atoms with E-state index in [2.05, 4.69) is 44.3 Å². The molecule has 0 bridgehead atoms. The van der Waals surface area contributed by atoms with Gasteiger partial charge in [-0.05, 0) is 80.8 Å². The SMILES string of the molecule is CCOC(=O)Nc1cccc(C2CC2)c1COc1cc(C)c(C)cc1C. The van der Waals surface area contributed by atoms with Crippen LogP contribution in [0.3, 0.4) is 0 Å². The third-order valence-corrected chi connectivity index (χ3v) is 4.90. The lowest BCUT2D eigenvalue weighted by molar-refractivity contribution is 0.168. The summed E-state index contributed by atoms with van der Waals surface area (Å²) in [5.74, 6) is 1.46. The number of hydrogen-bond acceptors (Lipinski definition) is 3. The molecule has 0 aliphatic heterocycles. The first kappa shape index (κ1) is 18.3. The zero-order chi connectivity index (χ0) is 18.7. The minimum Gasteiger partial charge on any atom is -0.489 e. The molecule has 26 heavy (non-hydrogen) atoms. The average Bonchev–Trinajstić information content (AvgIpc) is 3.42. The van der Waals surface area contributed by atoms with Crippen molar-refractivity contribution >= 4 is 11.8 Å². The van der Waals surface area contributed by atoms with Gasteiger partial charge in [0.1, 0.15) is 12.4 Å². The number of benzene rings is 2. The highest BCUT2D eigenvalue weighted by molar-refractivity contribution is 5.86. The van der Waals surface area contributed by atoms with Crippen molar-refractivity contribution in [2.75, 3.05) is 11.9 Å². The van der Waals surface area contributed by atoms with E-state index >= 15 is 0 Å². The van der Waals surface area contributed by atoms with Crippen molar-refractivity contribution < 1.29 is 14.3 Å². The van der Waals surface area contributed by atoms with Crippen LogP contribution in [-0.2, 0) is 11.3 Å². The highest BCUT2D eigenvalue weighted by atomic mass is 16.5. The zero-order valence-corrected chi connectivity index (χ0v) is 16.0. The molecule has 0 saturated heterocycles. The first-order chi connectivity index (χ1) is 12.5. The summed E-state index contributed by atoms with van der Waals surface area (Å²) in [6.07, 6.45) is 1.96. The highest BCUT2D eigenvalue weighted by Crippen LogP contribution is 2.43. The summed E-state index contributed by atoms with van der Waals surface area (Å²) in [7, 11) is 0. The molecule has 0 aromatic heterocycles. The molecule has 138 valence electrons. The molecule has 1 aliphatic rings. The van der Waals surface area contributed by atoms with E-state index in [-0.39, 0.29) is 0 Å². The third-order valence-electron chi connectivity index (χ3n) is 4.90. The second-order valence-electron chi connectivity index (χ2n) is 6.98. The van der Waals surface area contributed by atoms with Crippen molar-refractivity contribution in [2.45, 2.75) is 53.1 Å². The molecule has 4 heteroatoms. The third kappa shape index (κ3) is 4.18. The van der Waals surface area contributed by atoms with Gasteiger partial charge in [0.05, 0.1) is 12.3 Å². The second kappa shape index (κ2) is 7.81. The van der Waals surface area contributed by atoms with Crippen LogP contribution in [-0.4, -0.2) is 12.7 Å². The van der Waals surface area contributed by atoms with Crippen LogP contribution in [0.2, 0.25) is 0 Å². The van der Waals surface area contributed by atoms with Gasteiger partial charge in [-0.3, -0.25) is 5.32 Å². The summed E-state index contributed by atoms with van der Waals surface area (Å²) in [5, 5.41) is 2.86. The van der Waals surface area contributed by atoms with Crippen LogP contribution in [0.15, 0.2) is 30.3 Å². The molecule has 1 saturated carbocycles. The Morgan fingerprint density at radius 1 is 1.12 bits per heavy atom. The van der Waals surface area contributed by atoms with Crippen molar-refractivity contribution in [1.82, 2.24) is 0 Å². The Morgan fingerprint density at radius 2 is 1.85 bits per heavy atom. The van der Waals surface area contributed by atoms with Gasteiger partial charge in [-0.1, -0.05) is 18.2 Å². The molecule has 1 amide bonds. The van der Waals surface area contributed by atoms with Crippen LogP contribution in [0, 0.1) is 20.8 Å². The number of carbonyl (C=O) groups is 1. The molecular formula is C22H27NO3. The van der Waals surface area contributed by atoms with Gasteiger partial charge in [0, 0.05) is 5.56 Å². The quantitative estimate of drug-likeness (QED) is 0.731. The summed E-state index contributed by atoms with van der Waals surface area (Å²) in [5.41, 5.74) is 6.68. The molecule has 4 nitrogen and oxygen atoms in total. The predicted molar refractivity (Wildman–Crippen MR) is 104 cm³/mol. The molecule has 0 unspecified atom stereocenters. The molecule has 1 fully saturated rings. The average molecular weight is 353 g/mol. The summed E-state index contributed by atoms with van der Waals surface area (Å²) in [6.45, 7) is 8.84. The van der Waals surface area contributed by atoms with E-state index in [1.165, 1.54) is 29.5 Å². The molecule has 0 spiro atoms. The van der Waals surface area contributed by atoms with Crippen LogP contribution in [0.1, 0.15) is 53.5 Å². The van der Waals surface area contributed by atoms with Crippen molar-refractivity contribution in [1.29, 1.82) is 0 Å². The summed E-state index contributed by atoms with van der Waals surface area (Å²) < 4.78 is 11.2. The van der Waals surface area contributed by atoms with E-state index in [0.717, 1.165) is 22.6 Å².